The van der Waals surface area contributed by atoms with E-state index in [1.54, 1.807) is 0 Å². The van der Waals surface area contributed by atoms with Gasteiger partial charge in [-0.1, -0.05) is 0 Å². The van der Waals surface area contributed by atoms with Crippen LogP contribution in [0.15, 0.2) is 0 Å². The molecule has 0 spiro atoms. The molecule has 0 aromatic heterocycles. The van der Waals surface area contributed by atoms with Crippen molar-refractivity contribution < 1.29 is 20.1 Å². The van der Waals surface area contributed by atoms with E-state index < -0.39 is 31.7 Å². The summed E-state index contributed by atoms with van der Waals surface area (Å²) in [6.45, 7) is 0.981. The Balaban J connectivity index is 4.65. The zero-order valence-electron chi connectivity index (χ0n) is 9.89. The fourth-order valence-corrected chi connectivity index (χ4v) is 0.358. The number of rotatable bonds is 5. The van der Waals surface area contributed by atoms with E-state index >= 15 is 0 Å². The van der Waals surface area contributed by atoms with Gasteiger partial charge in [0.15, 0.2) is 0 Å². The second-order valence-corrected chi connectivity index (χ2v) is 1.50. The molecular formula is C7H14O3. The molecule has 1 N–H and O–H groups in total. The Morgan fingerprint density at radius 1 is 1.80 bits per heavy atom. The minimum absolute atomic E-state index is 0.00640. The fourth-order valence-electron chi connectivity index (χ4n) is 0.358. The van der Waals surface area contributed by atoms with Gasteiger partial charge < -0.3 is 9.84 Å². The Morgan fingerprint density at radius 3 is 3.00 bits per heavy atom. The maximum absolute atomic E-state index is 11.1. The van der Waals surface area contributed by atoms with Crippen LogP contribution in [0.1, 0.15) is 31.6 Å². The molecule has 3 nitrogen and oxygen atoms in total. The summed E-state index contributed by atoms with van der Waals surface area (Å²) in [5.41, 5.74) is 0. The van der Waals surface area contributed by atoms with Gasteiger partial charge in [-0.05, 0) is 19.7 Å². The van der Waals surface area contributed by atoms with Crippen LogP contribution in [0.3, 0.4) is 0 Å². The molecule has 0 aliphatic heterocycles. The van der Waals surface area contributed by atoms with Crippen LogP contribution in [0, 0.1) is 0 Å². The monoisotopic (exact) mass is 150 g/mol. The second-order valence-electron chi connectivity index (χ2n) is 1.50. The predicted octanol–water partition coefficient (Wildman–Crippen LogP) is 0.712. The summed E-state index contributed by atoms with van der Waals surface area (Å²) in [4.78, 5) is 11.1. The average Bonchev–Trinajstić information content (AvgIpc) is 2.04. The van der Waals surface area contributed by atoms with Crippen molar-refractivity contribution in [3.05, 3.63) is 0 Å². The van der Waals surface area contributed by atoms with Crippen LogP contribution >= 0.6 is 0 Å². The SMILES string of the molecule is [2H]C([2H])(CCO)C([2H])([2H])C(=O)OCC. The first-order valence-electron chi connectivity index (χ1n) is 5.07. The van der Waals surface area contributed by atoms with Crippen LogP contribution in [-0.2, 0) is 9.53 Å². The molecule has 0 aromatic rings. The van der Waals surface area contributed by atoms with Gasteiger partial charge in [0.25, 0.3) is 0 Å². The largest absolute Gasteiger partial charge is 0.466 e. The molecule has 0 aliphatic rings. The van der Waals surface area contributed by atoms with E-state index in [2.05, 4.69) is 4.74 Å². The van der Waals surface area contributed by atoms with Crippen LogP contribution in [0.25, 0.3) is 0 Å². The number of aliphatic hydroxyl groups excluding tert-OH is 1. The van der Waals surface area contributed by atoms with Crippen LogP contribution in [0.5, 0.6) is 0 Å². The fraction of sp³-hybridized carbons (Fsp3) is 0.857. The van der Waals surface area contributed by atoms with Crippen molar-refractivity contribution in [2.75, 3.05) is 13.2 Å². The third-order valence-electron chi connectivity index (χ3n) is 0.703. The Kier molecular flexibility index (Phi) is 2.84. The summed E-state index contributed by atoms with van der Waals surface area (Å²) in [7, 11) is 0. The van der Waals surface area contributed by atoms with Crippen molar-refractivity contribution in [3.8, 4) is 0 Å². The zero-order valence-corrected chi connectivity index (χ0v) is 5.89. The summed E-state index contributed by atoms with van der Waals surface area (Å²) in [6, 6.07) is 0. The van der Waals surface area contributed by atoms with Crippen molar-refractivity contribution in [1.29, 1.82) is 0 Å². The normalized spacial score (nSPS) is 18.2. The third kappa shape index (κ3) is 5.56. The number of hydrogen-bond acceptors (Lipinski definition) is 3. The van der Waals surface area contributed by atoms with Gasteiger partial charge in [-0.2, -0.15) is 0 Å². The number of hydrogen-bond donors (Lipinski definition) is 1. The van der Waals surface area contributed by atoms with Crippen LogP contribution in [0.2, 0.25) is 0 Å². The molecule has 0 radical (unpaired) electrons. The number of aliphatic hydroxyl groups is 1. The molecule has 0 saturated heterocycles. The smallest absolute Gasteiger partial charge is 0.305 e. The molecule has 0 fully saturated rings. The molecule has 0 bridgehead atoms. The van der Waals surface area contributed by atoms with Gasteiger partial charge in [-0.3, -0.25) is 4.79 Å². The summed E-state index contributed by atoms with van der Waals surface area (Å²) < 4.78 is 33.4. The average molecular weight is 150 g/mol. The van der Waals surface area contributed by atoms with Crippen molar-refractivity contribution in [3.63, 3.8) is 0 Å². The lowest BCUT2D eigenvalue weighted by molar-refractivity contribution is -0.143. The highest BCUT2D eigenvalue weighted by atomic mass is 16.5. The first-order valence-corrected chi connectivity index (χ1v) is 3.07. The lowest BCUT2D eigenvalue weighted by atomic mass is 10.2. The van der Waals surface area contributed by atoms with Gasteiger partial charge in [0.2, 0.25) is 0 Å². The van der Waals surface area contributed by atoms with Gasteiger partial charge in [0.05, 0.1) is 6.61 Å². The maximum atomic E-state index is 11.1. The van der Waals surface area contributed by atoms with E-state index in [0.717, 1.165) is 0 Å². The van der Waals surface area contributed by atoms with Crippen molar-refractivity contribution in [1.82, 2.24) is 0 Å². The molecule has 0 amide bonds. The molecule has 0 saturated carbocycles. The lowest BCUT2D eigenvalue weighted by Gasteiger charge is -1.98. The van der Waals surface area contributed by atoms with Crippen molar-refractivity contribution in [2.24, 2.45) is 0 Å². The maximum Gasteiger partial charge on any atom is 0.305 e. The molecular weight excluding hydrogens is 132 g/mol. The van der Waals surface area contributed by atoms with Gasteiger partial charge in [0, 0.05) is 18.5 Å². The van der Waals surface area contributed by atoms with Gasteiger partial charge >= 0.3 is 5.97 Å². The third-order valence-corrected chi connectivity index (χ3v) is 0.703. The Labute approximate surface area is 66.6 Å². The zero-order chi connectivity index (χ0) is 11.4. The Hall–Kier alpha value is -0.570. The second kappa shape index (κ2) is 6.55. The summed E-state index contributed by atoms with van der Waals surface area (Å²) in [5.74, 6) is -1.24. The number of esters is 1. The van der Waals surface area contributed by atoms with E-state index in [-0.39, 0.29) is 6.61 Å². The number of carbonyl (C=O) groups is 1. The number of carbonyl (C=O) groups excluding carboxylic acids is 1. The van der Waals surface area contributed by atoms with Crippen LogP contribution in [-0.4, -0.2) is 24.3 Å². The van der Waals surface area contributed by atoms with Crippen molar-refractivity contribution in [2.45, 2.75) is 26.1 Å². The molecule has 0 rings (SSSR count). The van der Waals surface area contributed by atoms with E-state index in [1.807, 2.05) is 0 Å². The molecule has 10 heavy (non-hydrogen) atoms. The first kappa shape index (κ1) is 4.34. The molecule has 0 unspecified atom stereocenters. The number of ether oxygens (including phenoxy) is 1. The van der Waals surface area contributed by atoms with E-state index in [1.165, 1.54) is 6.92 Å². The summed E-state index contributed by atoms with van der Waals surface area (Å²) in [5, 5.41) is 8.52. The Morgan fingerprint density at radius 2 is 2.50 bits per heavy atom. The van der Waals surface area contributed by atoms with Gasteiger partial charge in [-0.25, -0.2) is 0 Å². The molecule has 0 aliphatic carbocycles. The predicted molar refractivity (Wildman–Crippen MR) is 37.6 cm³/mol. The molecule has 3 heteroatoms. The van der Waals surface area contributed by atoms with E-state index in [9.17, 15) is 4.79 Å². The summed E-state index contributed by atoms with van der Waals surface area (Å²) >= 11 is 0. The summed E-state index contributed by atoms with van der Waals surface area (Å²) in [6.07, 6.45) is -5.60. The van der Waals surface area contributed by atoms with Gasteiger partial charge in [-0.15, -0.1) is 0 Å². The highest BCUT2D eigenvalue weighted by Gasteiger charge is 1.98. The molecule has 0 heterocycles. The van der Waals surface area contributed by atoms with Crippen molar-refractivity contribution >= 4 is 5.97 Å². The quantitative estimate of drug-likeness (QED) is 0.587. The van der Waals surface area contributed by atoms with E-state index in [4.69, 9.17) is 10.6 Å². The highest BCUT2D eigenvalue weighted by molar-refractivity contribution is 5.69. The molecule has 60 valence electrons. The van der Waals surface area contributed by atoms with Crippen LogP contribution in [0.4, 0.5) is 0 Å². The van der Waals surface area contributed by atoms with E-state index in [0.29, 0.717) is 0 Å². The molecule has 0 aromatic carbocycles. The first-order chi connectivity index (χ1) is 6.29. The lowest BCUT2D eigenvalue weighted by Crippen LogP contribution is -2.03. The topological polar surface area (TPSA) is 46.5 Å². The molecule has 0 atom stereocenters. The highest BCUT2D eigenvalue weighted by Crippen LogP contribution is 1.95. The standard InChI is InChI=1S/C7H14O3/c1-2-10-7(9)5-3-4-6-8/h8H,2-6H2,1H3/i3D2,5D2. The van der Waals surface area contributed by atoms with Gasteiger partial charge in [0.1, 0.15) is 0 Å². The minimum atomic E-state index is -2.73. The minimum Gasteiger partial charge on any atom is -0.466 e. The van der Waals surface area contributed by atoms with Crippen LogP contribution < -0.4 is 0 Å². The Bertz CT molecular complexity index is 205.